The molecule has 0 saturated carbocycles. The molecular weight excluding hydrogens is 272 g/mol. The molecule has 2 rings (SSSR count). The van der Waals surface area contributed by atoms with Crippen LogP contribution in [0.1, 0.15) is 37.1 Å². The molecule has 2 atom stereocenters. The molecule has 4 heteroatoms. The van der Waals surface area contributed by atoms with Crippen LogP contribution >= 0.6 is 0 Å². The predicted molar refractivity (Wildman–Crippen MR) is 79.3 cm³/mol. The van der Waals surface area contributed by atoms with Gasteiger partial charge in [-0.1, -0.05) is 12.1 Å². The molecule has 0 heterocycles. The van der Waals surface area contributed by atoms with Crippen LogP contribution in [0.25, 0.3) is 0 Å². The molecule has 1 N–H and O–H groups in total. The lowest BCUT2D eigenvalue weighted by Gasteiger charge is -2.21. The summed E-state index contributed by atoms with van der Waals surface area (Å²) in [7, 11) is 1.62. The third-order valence-corrected chi connectivity index (χ3v) is 3.50. The van der Waals surface area contributed by atoms with Crippen molar-refractivity contribution in [1.82, 2.24) is 5.32 Å². The normalized spacial score (nSPS) is 13.8. The molecule has 0 aromatic heterocycles. The average molecular weight is 291 g/mol. The van der Waals surface area contributed by atoms with Gasteiger partial charge in [0.1, 0.15) is 17.4 Å². The van der Waals surface area contributed by atoms with Gasteiger partial charge in [-0.05, 0) is 49.2 Å². The van der Waals surface area contributed by atoms with Crippen molar-refractivity contribution in [1.29, 1.82) is 0 Å². The molecule has 0 radical (unpaired) electrons. The van der Waals surface area contributed by atoms with Crippen LogP contribution in [0, 0.1) is 11.6 Å². The van der Waals surface area contributed by atoms with E-state index in [0.29, 0.717) is 5.56 Å². The Kier molecular flexibility index (Phi) is 4.91. The van der Waals surface area contributed by atoms with Gasteiger partial charge in [0, 0.05) is 18.2 Å². The smallest absolute Gasteiger partial charge is 0.126 e. The van der Waals surface area contributed by atoms with Crippen molar-refractivity contribution in [3.05, 3.63) is 65.2 Å². The lowest BCUT2D eigenvalue weighted by molar-refractivity contribution is 0.414. The maximum absolute atomic E-state index is 13.3. The number of hydrogen-bond donors (Lipinski definition) is 1. The van der Waals surface area contributed by atoms with Crippen molar-refractivity contribution in [2.45, 2.75) is 25.9 Å². The SMILES string of the molecule is COc1ccc([C@H](C)NC(C)c2cc(F)cc(F)c2)cc1. The molecule has 0 aliphatic heterocycles. The first kappa shape index (κ1) is 15.4. The second kappa shape index (κ2) is 6.68. The Morgan fingerprint density at radius 1 is 0.857 bits per heavy atom. The van der Waals surface area contributed by atoms with E-state index in [2.05, 4.69) is 5.32 Å². The van der Waals surface area contributed by atoms with E-state index in [1.807, 2.05) is 38.1 Å². The molecule has 0 amide bonds. The summed E-state index contributed by atoms with van der Waals surface area (Å²) >= 11 is 0. The summed E-state index contributed by atoms with van der Waals surface area (Å²) in [5, 5.41) is 3.33. The Labute approximate surface area is 123 Å². The van der Waals surface area contributed by atoms with E-state index < -0.39 is 11.6 Å². The molecule has 1 unspecified atom stereocenters. The first-order valence-corrected chi connectivity index (χ1v) is 6.85. The highest BCUT2D eigenvalue weighted by Crippen LogP contribution is 2.22. The number of nitrogens with one attached hydrogen (secondary N) is 1. The summed E-state index contributed by atoms with van der Waals surface area (Å²) < 4.78 is 31.6. The van der Waals surface area contributed by atoms with Crippen molar-refractivity contribution in [3.8, 4) is 5.75 Å². The zero-order valence-electron chi connectivity index (χ0n) is 12.4. The number of ether oxygens (including phenoxy) is 1. The van der Waals surface area contributed by atoms with E-state index in [9.17, 15) is 8.78 Å². The van der Waals surface area contributed by atoms with Crippen molar-refractivity contribution >= 4 is 0 Å². The Bertz CT molecular complexity index is 578. The highest BCUT2D eigenvalue weighted by Gasteiger charge is 2.13. The van der Waals surface area contributed by atoms with Crippen LogP contribution in [0.5, 0.6) is 5.75 Å². The summed E-state index contributed by atoms with van der Waals surface area (Å²) in [6.07, 6.45) is 0. The second-order valence-corrected chi connectivity index (χ2v) is 5.09. The molecule has 0 saturated heterocycles. The Morgan fingerprint density at radius 3 is 1.90 bits per heavy atom. The highest BCUT2D eigenvalue weighted by atomic mass is 19.1. The topological polar surface area (TPSA) is 21.3 Å². The quantitative estimate of drug-likeness (QED) is 0.882. The van der Waals surface area contributed by atoms with Crippen molar-refractivity contribution in [2.24, 2.45) is 0 Å². The minimum absolute atomic E-state index is 0.0530. The Balaban J connectivity index is 2.08. The van der Waals surface area contributed by atoms with Crippen LogP contribution in [-0.4, -0.2) is 7.11 Å². The van der Waals surface area contributed by atoms with Crippen molar-refractivity contribution in [2.75, 3.05) is 7.11 Å². The van der Waals surface area contributed by atoms with Crippen LogP contribution < -0.4 is 10.1 Å². The molecule has 2 nitrogen and oxygen atoms in total. The summed E-state index contributed by atoms with van der Waals surface area (Å²) in [5.41, 5.74) is 1.67. The number of methoxy groups -OCH3 is 1. The molecule has 2 aromatic rings. The maximum atomic E-state index is 13.3. The second-order valence-electron chi connectivity index (χ2n) is 5.09. The Hall–Kier alpha value is -1.94. The number of benzene rings is 2. The Morgan fingerprint density at radius 2 is 1.38 bits per heavy atom. The minimum Gasteiger partial charge on any atom is -0.497 e. The van der Waals surface area contributed by atoms with Gasteiger partial charge in [0.05, 0.1) is 7.11 Å². The number of rotatable bonds is 5. The predicted octanol–water partition coefficient (Wildman–Crippen LogP) is 4.39. The van der Waals surface area contributed by atoms with E-state index in [1.54, 1.807) is 7.11 Å². The summed E-state index contributed by atoms with van der Waals surface area (Å²) in [6, 6.07) is 11.2. The standard InChI is InChI=1S/C17H19F2NO/c1-11(13-4-6-17(21-3)7-5-13)20-12(2)14-8-15(18)10-16(19)9-14/h4-12,20H,1-3H3/t11-,12?/m0/s1. The fourth-order valence-corrected chi connectivity index (χ4v) is 2.29. The number of hydrogen-bond acceptors (Lipinski definition) is 2. The van der Waals surface area contributed by atoms with Gasteiger partial charge in [-0.25, -0.2) is 8.78 Å². The average Bonchev–Trinajstić information content (AvgIpc) is 2.46. The van der Waals surface area contributed by atoms with Gasteiger partial charge in [-0.15, -0.1) is 0 Å². The van der Waals surface area contributed by atoms with E-state index in [0.717, 1.165) is 17.4 Å². The van der Waals surface area contributed by atoms with Gasteiger partial charge in [0.15, 0.2) is 0 Å². The first-order valence-electron chi connectivity index (χ1n) is 6.85. The fourth-order valence-electron chi connectivity index (χ4n) is 2.29. The van der Waals surface area contributed by atoms with Gasteiger partial charge in [-0.2, -0.15) is 0 Å². The van der Waals surface area contributed by atoms with Crippen molar-refractivity contribution < 1.29 is 13.5 Å². The molecule has 0 spiro atoms. The van der Waals surface area contributed by atoms with Gasteiger partial charge in [0.2, 0.25) is 0 Å². The molecule has 21 heavy (non-hydrogen) atoms. The van der Waals surface area contributed by atoms with E-state index in [-0.39, 0.29) is 12.1 Å². The summed E-state index contributed by atoms with van der Waals surface area (Å²) in [4.78, 5) is 0. The van der Waals surface area contributed by atoms with E-state index in [1.165, 1.54) is 12.1 Å². The van der Waals surface area contributed by atoms with Crippen LogP contribution in [0.15, 0.2) is 42.5 Å². The lowest BCUT2D eigenvalue weighted by Crippen LogP contribution is -2.22. The van der Waals surface area contributed by atoms with Crippen LogP contribution in [0.3, 0.4) is 0 Å². The fraction of sp³-hybridized carbons (Fsp3) is 0.294. The first-order chi connectivity index (χ1) is 9.99. The lowest BCUT2D eigenvalue weighted by atomic mass is 10.0. The molecule has 0 fully saturated rings. The molecular formula is C17H19F2NO. The highest BCUT2D eigenvalue weighted by molar-refractivity contribution is 5.29. The van der Waals surface area contributed by atoms with E-state index >= 15 is 0 Å². The van der Waals surface area contributed by atoms with Crippen LogP contribution in [0.2, 0.25) is 0 Å². The summed E-state index contributed by atoms with van der Waals surface area (Å²) in [6.45, 7) is 3.89. The summed E-state index contributed by atoms with van der Waals surface area (Å²) in [5.74, 6) is -0.322. The molecule has 2 aromatic carbocycles. The third kappa shape index (κ3) is 4.02. The zero-order chi connectivity index (χ0) is 15.4. The maximum Gasteiger partial charge on any atom is 0.126 e. The van der Waals surface area contributed by atoms with Gasteiger partial charge < -0.3 is 10.1 Å². The number of halogens is 2. The minimum atomic E-state index is -0.559. The third-order valence-electron chi connectivity index (χ3n) is 3.50. The molecule has 112 valence electrons. The molecule has 0 aliphatic rings. The van der Waals surface area contributed by atoms with Gasteiger partial charge >= 0.3 is 0 Å². The monoisotopic (exact) mass is 291 g/mol. The molecule has 0 bridgehead atoms. The zero-order valence-corrected chi connectivity index (χ0v) is 12.4. The van der Waals surface area contributed by atoms with Gasteiger partial charge in [0.25, 0.3) is 0 Å². The largest absolute Gasteiger partial charge is 0.497 e. The van der Waals surface area contributed by atoms with Crippen LogP contribution in [0.4, 0.5) is 8.78 Å². The molecule has 0 aliphatic carbocycles. The van der Waals surface area contributed by atoms with Gasteiger partial charge in [-0.3, -0.25) is 0 Å². The van der Waals surface area contributed by atoms with Crippen LogP contribution in [-0.2, 0) is 0 Å². The van der Waals surface area contributed by atoms with E-state index in [4.69, 9.17) is 4.74 Å². The van der Waals surface area contributed by atoms with Crippen molar-refractivity contribution in [3.63, 3.8) is 0 Å².